The third kappa shape index (κ3) is 3.42. The van der Waals surface area contributed by atoms with E-state index in [9.17, 15) is 0 Å². The number of aryl methyl sites for hydroxylation is 2. The molecule has 1 aliphatic carbocycles. The van der Waals surface area contributed by atoms with Crippen molar-refractivity contribution in [3.8, 4) is 0 Å². The number of hydrogen-bond acceptors (Lipinski definition) is 2. The third-order valence-corrected chi connectivity index (χ3v) is 4.69. The minimum atomic E-state index is 0.391. The van der Waals surface area contributed by atoms with Crippen LogP contribution in [0.2, 0.25) is 0 Å². The van der Waals surface area contributed by atoms with E-state index >= 15 is 0 Å². The standard InChI is InChI=1S/C17H29NO/c1-11(2)15-8-6-7-9-17(15)18-13(4)16-10-12(3)19-14(16)5/h10-11,13,15,17-18H,6-9H2,1-5H3. The predicted octanol–water partition coefficient (Wildman–Crippen LogP) is 4.76. The molecule has 2 nitrogen and oxygen atoms in total. The van der Waals surface area contributed by atoms with Crippen molar-refractivity contribution in [1.82, 2.24) is 5.32 Å². The molecule has 1 saturated carbocycles. The van der Waals surface area contributed by atoms with E-state index in [2.05, 4.69) is 39.1 Å². The van der Waals surface area contributed by atoms with Crippen LogP contribution in [0.3, 0.4) is 0 Å². The van der Waals surface area contributed by atoms with Crippen LogP contribution in [0.4, 0.5) is 0 Å². The van der Waals surface area contributed by atoms with Gasteiger partial charge in [-0.1, -0.05) is 26.7 Å². The molecular formula is C17H29NO. The molecule has 1 N–H and O–H groups in total. The summed E-state index contributed by atoms with van der Waals surface area (Å²) in [6.45, 7) is 11.1. The maximum Gasteiger partial charge on any atom is 0.105 e. The molecule has 0 amide bonds. The zero-order valence-corrected chi connectivity index (χ0v) is 13.1. The van der Waals surface area contributed by atoms with Crippen molar-refractivity contribution in [2.24, 2.45) is 11.8 Å². The molecule has 0 radical (unpaired) electrons. The summed E-state index contributed by atoms with van der Waals surface area (Å²) in [5.74, 6) is 3.68. The second-order valence-electron chi connectivity index (χ2n) is 6.56. The fraction of sp³-hybridized carbons (Fsp3) is 0.765. The average Bonchev–Trinajstić information content (AvgIpc) is 2.69. The highest BCUT2D eigenvalue weighted by molar-refractivity contribution is 5.23. The molecule has 3 unspecified atom stereocenters. The second kappa shape index (κ2) is 6.13. The van der Waals surface area contributed by atoms with E-state index in [1.165, 1.54) is 31.2 Å². The van der Waals surface area contributed by atoms with Crippen molar-refractivity contribution in [3.63, 3.8) is 0 Å². The lowest BCUT2D eigenvalue weighted by Gasteiger charge is -2.36. The fourth-order valence-corrected chi connectivity index (χ4v) is 3.66. The van der Waals surface area contributed by atoms with Crippen LogP contribution in [0.15, 0.2) is 10.5 Å². The van der Waals surface area contributed by atoms with Gasteiger partial charge in [0.15, 0.2) is 0 Å². The van der Waals surface area contributed by atoms with Crippen LogP contribution in [0.5, 0.6) is 0 Å². The number of rotatable bonds is 4. The Labute approximate surface area is 118 Å². The van der Waals surface area contributed by atoms with Crippen molar-refractivity contribution < 1.29 is 4.42 Å². The van der Waals surface area contributed by atoms with Gasteiger partial charge in [0.05, 0.1) is 0 Å². The molecule has 2 rings (SSSR count). The van der Waals surface area contributed by atoms with Gasteiger partial charge in [-0.15, -0.1) is 0 Å². The van der Waals surface area contributed by atoms with Crippen molar-refractivity contribution in [3.05, 3.63) is 23.2 Å². The van der Waals surface area contributed by atoms with E-state index in [-0.39, 0.29) is 0 Å². The minimum Gasteiger partial charge on any atom is -0.466 e. The zero-order chi connectivity index (χ0) is 14.0. The predicted molar refractivity (Wildman–Crippen MR) is 80.3 cm³/mol. The number of furan rings is 1. The smallest absolute Gasteiger partial charge is 0.105 e. The van der Waals surface area contributed by atoms with Gasteiger partial charge in [0.25, 0.3) is 0 Å². The highest BCUT2D eigenvalue weighted by Gasteiger charge is 2.29. The van der Waals surface area contributed by atoms with Crippen LogP contribution in [-0.2, 0) is 0 Å². The summed E-state index contributed by atoms with van der Waals surface area (Å²) in [7, 11) is 0. The SMILES string of the molecule is Cc1cc(C(C)NC2CCCCC2C(C)C)c(C)o1. The van der Waals surface area contributed by atoms with Gasteiger partial charge in [-0.25, -0.2) is 0 Å². The Kier molecular flexibility index (Phi) is 4.72. The van der Waals surface area contributed by atoms with Crippen molar-refractivity contribution >= 4 is 0 Å². The van der Waals surface area contributed by atoms with Gasteiger partial charge in [0.1, 0.15) is 11.5 Å². The maximum atomic E-state index is 5.66. The molecule has 1 heterocycles. The van der Waals surface area contributed by atoms with Gasteiger partial charge in [-0.2, -0.15) is 0 Å². The molecule has 1 fully saturated rings. The van der Waals surface area contributed by atoms with Crippen molar-refractivity contribution in [2.45, 2.75) is 72.4 Å². The van der Waals surface area contributed by atoms with Crippen molar-refractivity contribution in [2.75, 3.05) is 0 Å². The highest BCUT2D eigenvalue weighted by Crippen LogP contribution is 2.32. The average molecular weight is 263 g/mol. The Bertz CT molecular complexity index is 407. The van der Waals surface area contributed by atoms with Gasteiger partial charge < -0.3 is 9.73 Å². The summed E-state index contributed by atoms with van der Waals surface area (Å²) >= 11 is 0. The molecule has 0 aromatic carbocycles. The molecule has 108 valence electrons. The molecule has 1 aliphatic rings. The Balaban J connectivity index is 2.04. The lowest BCUT2D eigenvalue weighted by atomic mass is 9.77. The van der Waals surface area contributed by atoms with Gasteiger partial charge in [0, 0.05) is 17.6 Å². The van der Waals surface area contributed by atoms with Crippen LogP contribution >= 0.6 is 0 Å². The monoisotopic (exact) mass is 263 g/mol. The summed E-state index contributed by atoms with van der Waals surface area (Å²) in [5, 5.41) is 3.86. The van der Waals surface area contributed by atoms with Gasteiger partial charge in [0.2, 0.25) is 0 Å². The van der Waals surface area contributed by atoms with E-state index in [0.717, 1.165) is 23.4 Å². The molecule has 1 aromatic rings. The summed E-state index contributed by atoms with van der Waals surface area (Å²) in [5.41, 5.74) is 1.32. The highest BCUT2D eigenvalue weighted by atomic mass is 16.3. The van der Waals surface area contributed by atoms with E-state index in [1.54, 1.807) is 0 Å². The molecule has 0 aliphatic heterocycles. The zero-order valence-electron chi connectivity index (χ0n) is 13.1. The Hall–Kier alpha value is -0.760. The van der Waals surface area contributed by atoms with E-state index < -0.39 is 0 Å². The molecule has 3 atom stereocenters. The van der Waals surface area contributed by atoms with Crippen molar-refractivity contribution in [1.29, 1.82) is 0 Å². The number of nitrogens with one attached hydrogen (secondary N) is 1. The van der Waals surface area contributed by atoms with E-state index in [4.69, 9.17) is 4.42 Å². The molecule has 0 bridgehead atoms. The van der Waals surface area contributed by atoms with E-state index in [1.807, 2.05) is 6.92 Å². The topological polar surface area (TPSA) is 25.2 Å². The normalized spacial score (nSPS) is 25.8. The molecule has 2 heteroatoms. The molecular weight excluding hydrogens is 234 g/mol. The van der Waals surface area contributed by atoms with Crippen LogP contribution in [-0.4, -0.2) is 6.04 Å². The Morgan fingerprint density at radius 2 is 1.84 bits per heavy atom. The van der Waals surface area contributed by atoms with Gasteiger partial charge in [-0.3, -0.25) is 0 Å². The third-order valence-electron chi connectivity index (χ3n) is 4.69. The lowest BCUT2D eigenvalue weighted by molar-refractivity contribution is 0.194. The van der Waals surface area contributed by atoms with Crippen LogP contribution in [0.25, 0.3) is 0 Å². The summed E-state index contributed by atoms with van der Waals surface area (Å²) in [6.07, 6.45) is 5.48. The first-order valence-corrected chi connectivity index (χ1v) is 7.82. The van der Waals surface area contributed by atoms with Crippen LogP contribution < -0.4 is 5.32 Å². The van der Waals surface area contributed by atoms with Gasteiger partial charge >= 0.3 is 0 Å². The number of hydrogen-bond donors (Lipinski definition) is 1. The van der Waals surface area contributed by atoms with Crippen LogP contribution in [0.1, 0.15) is 69.6 Å². The second-order valence-corrected chi connectivity index (χ2v) is 6.56. The molecule has 0 spiro atoms. The Morgan fingerprint density at radius 1 is 1.16 bits per heavy atom. The quantitative estimate of drug-likeness (QED) is 0.847. The first-order valence-electron chi connectivity index (χ1n) is 7.82. The van der Waals surface area contributed by atoms with E-state index in [0.29, 0.717) is 12.1 Å². The molecule has 19 heavy (non-hydrogen) atoms. The molecule has 0 saturated heterocycles. The van der Waals surface area contributed by atoms with Gasteiger partial charge in [-0.05, 0) is 51.5 Å². The minimum absolute atomic E-state index is 0.391. The first-order chi connectivity index (χ1) is 8.99. The summed E-state index contributed by atoms with van der Waals surface area (Å²) in [6, 6.07) is 3.24. The fourth-order valence-electron chi connectivity index (χ4n) is 3.66. The largest absolute Gasteiger partial charge is 0.466 e. The lowest BCUT2D eigenvalue weighted by Crippen LogP contribution is -2.42. The summed E-state index contributed by atoms with van der Waals surface area (Å²) in [4.78, 5) is 0. The first kappa shape index (κ1) is 14.6. The van der Waals surface area contributed by atoms with Crippen LogP contribution in [0, 0.1) is 25.7 Å². The Morgan fingerprint density at radius 3 is 2.42 bits per heavy atom. The summed E-state index contributed by atoms with van der Waals surface area (Å²) < 4.78 is 5.66. The molecule has 1 aromatic heterocycles. The maximum absolute atomic E-state index is 5.66.